The first-order valence-corrected chi connectivity index (χ1v) is 8.35. The fourth-order valence-electron chi connectivity index (χ4n) is 2.25. The van der Waals surface area contributed by atoms with E-state index in [2.05, 4.69) is 18.2 Å². The van der Waals surface area contributed by atoms with E-state index in [0.29, 0.717) is 11.4 Å². The highest BCUT2D eigenvalue weighted by molar-refractivity contribution is 7.98. The molecule has 0 bridgehead atoms. The molecule has 0 radical (unpaired) electrons. The van der Waals surface area contributed by atoms with Crippen molar-refractivity contribution < 1.29 is 4.79 Å². The van der Waals surface area contributed by atoms with Crippen LogP contribution in [0, 0.1) is 0 Å². The second-order valence-electron chi connectivity index (χ2n) is 5.16. The molecule has 0 fully saturated rings. The molecular formula is C16H21N3OS. The number of hydrogen-bond donors (Lipinski definition) is 1. The van der Waals surface area contributed by atoms with Crippen LogP contribution in [0.2, 0.25) is 0 Å². The molecule has 0 saturated carbocycles. The van der Waals surface area contributed by atoms with Gasteiger partial charge in [0, 0.05) is 18.5 Å². The maximum Gasteiger partial charge on any atom is 0.254 e. The molecule has 0 aliphatic heterocycles. The predicted octanol–water partition coefficient (Wildman–Crippen LogP) is 3.03. The van der Waals surface area contributed by atoms with Gasteiger partial charge in [-0.2, -0.15) is 11.8 Å². The van der Waals surface area contributed by atoms with Crippen molar-refractivity contribution in [2.75, 3.05) is 24.8 Å². The first-order valence-electron chi connectivity index (χ1n) is 6.96. The fourth-order valence-corrected chi connectivity index (χ4v) is 2.82. The van der Waals surface area contributed by atoms with Gasteiger partial charge < -0.3 is 10.6 Å². The minimum absolute atomic E-state index is 0.00565. The zero-order valence-electron chi connectivity index (χ0n) is 12.7. The number of anilines is 1. The Bertz CT molecular complexity index is 644. The van der Waals surface area contributed by atoms with Crippen LogP contribution in [0.25, 0.3) is 10.9 Å². The van der Waals surface area contributed by atoms with E-state index >= 15 is 0 Å². The number of hydrogen-bond acceptors (Lipinski definition) is 4. The molecule has 4 nitrogen and oxygen atoms in total. The van der Waals surface area contributed by atoms with E-state index in [1.807, 2.05) is 31.3 Å². The average molecular weight is 303 g/mol. The summed E-state index contributed by atoms with van der Waals surface area (Å²) in [6.07, 6.45) is 3.05. The number of nitrogen functional groups attached to an aromatic ring is 1. The number of para-hydroxylation sites is 1. The van der Waals surface area contributed by atoms with Crippen molar-refractivity contribution in [2.45, 2.75) is 19.4 Å². The number of nitrogens with zero attached hydrogens (tertiary/aromatic N) is 2. The molecular weight excluding hydrogens is 282 g/mol. The predicted molar refractivity (Wildman–Crippen MR) is 90.7 cm³/mol. The zero-order valence-corrected chi connectivity index (χ0v) is 13.5. The van der Waals surface area contributed by atoms with E-state index in [0.717, 1.165) is 23.1 Å². The topological polar surface area (TPSA) is 59.2 Å². The number of carbonyl (C=O) groups excluding carboxylic acids is 1. The largest absolute Gasteiger partial charge is 0.384 e. The molecule has 0 saturated heterocycles. The smallest absolute Gasteiger partial charge is 0.254 e. The Morgan fingerprint density at radius 2 is 2.14 bits per heavy atom. The number of aromatic nitrogens is 1. The van der Waals surface area contributed by atoms with Crippen molar-refractivity contribution in [3.8, 4) is 0 Å². The van der Waals surface area contributed by atoms with Crippen molar-refractivity contribution in [2.24, 2.45) is 0 Å². The number of carbonyl (C=O) groups is 1. The van der Waals surface area contributed by atoms with Crippen LogP contribution >= 0.6 is 11.8 Å². The Balaban J connectivity index is 2.34. The third kappa shape index (κ3) is 3.47. The molecule has 0 aliphatic carbocycles. The van der Waals surface area contributed by atoms with Crippen LogP contribution < -0.4 is 5.73 Å². The van der Waals surface area contributed by atoms with Crippen LogP contribution in [0.4, 0.5) is 5.82 Å². The van der Waals surface area contributed by atoms with Gasteiger partial charge >= 0.3 is 0 Å². The molecule has 5 heteroatoms. The van der Waals surface area contributed by atoms with Crippen molar-refractivity contribution >= 4 is 34.4 Å². The second kappa shape index (κ2) is 6.80. The molecule has 2 rings (SSSR count). The number of nitrogens with two attached hydrogens (primary N) is 1. The third-order valence-electron chi connectivity index (χ3n) is 3.69. The lowest BCUT2D eigenvalue weighted by Gasteiger charge is -2.25. The molecule has 1 amide bonds. The van der Waals surface area contributed by atoms with Crippen LogP contribution in [0.5, 0.6) is 0 Å². The molecule has 1 atom stereocenters. The number of benzene rings is 1. The Morgan fingerprint density at radius 1 is 1.43 bits per heavy atom. The van der Waals surface area contributed by atoms with Crippen LogP contribution in [-0.2, 0) is 0 Å². The fraction of sp³-hybridized carbons (Fsp3) is 0.375. The summed E-state index contributed by atoms with van der Waals surface area (Å²) >= 11 is 1.79. The lowest BCUT2D eigenvalue weighted by molar-refractivity contribution is 0.0743. The normalized spacial score (nSPS) is 12.3. The van der Waals surface area contributed by atoms with Crippen LogP contribution in [0.15, 0.2) is 30.3 Å². The standard InChI is InChI=1S/C16H21N3OS/c1-11(8-9-21-3)19(2)16(20)13-10-15(17)18-14-7-5-4-6-12(13)14/h4-7,10-11H,8-9H2,1-3H3,(H2,17,18). The molecule has 112 valence electrons. The molecule has 0 spiro atoms. The summed E-state index contributed by atoms with van der Waals surface area (Å²) in [5, 5.41) is 0.848. The monoisotopic (exact) mass is 303 g/mol. The van der Waals surface area contributed by atoms with Crippen molar-refractivity contribution in [3.63, 3.8) is 0 Å². The van der Waals surface area contributed by atoms with Gasteiger partial charge in [0.05, 0.1) is 11.1 Å². The van der Waals surface area contributed by atoms with E-state index in [1.54, 1.807) is 22.7 Å². The van der Waals surface area contributed by atoms with E-state index in [1.165, 1.54) is 0 Å². The van der Waals surface area contributed by atoms with E-state index in [9.17, 15) is 4.79 Å². The summed E-state index contributed by atoms with van der Waals surface area (Å²) in [7, 11) is 1.85. The molecule has 2 N–H and O–H groups in total. The summed E-state index contributed by atoms with van der Waals surface area (Å²) < 4.78 is 0. The Morgan fingerprint density at radius 3 is 2.86 bits per heavy atom. The van der Waals surface area contributed by atoms with Crippen LogP contribution in [-0.4, -0.2) is 40.9 Å². The van der Waals surface area contributed by atoms with E-state index < -0.39 is 0 Å². The minimum atomic E-state index is -0.00565. The van der Waals surface area contributed by atoms with Gasteiger partial charge in [-0.05, 0) is 37.5 Å². The molecule has 1 unspecified atom stereocenters. The van der Waals surface area contributed by atoms with Gasteiger partial charge in [0.25, 0.3) is 5.91 Å². The maximum absolute atomic E-state index is 12.8. The van der Waals surface area contributed by atoms with Gasteiger partial charge in [0.15, 0.2) is 0 Å². The molecule has 1 aromatic heterocycles. The first-order chi connectivity index (χ1) is 10.0. The van der Waals surface area contributed by atoms with Gasteiger partial charge in [0.1, 0.15) is 5.82 Å². The highest BCUT2D eigenvalue weighted by Crippen LogP contribution is 2.21. The van der Waals surface area contributed by atoms with Crippen LogP contribution in [0.1, 0.15) is 23.7 Å². The average Bonchev–Trinajstić information content (AvgIpc) is 2.50. The third-order valence-corrected chi connectivity index (χ3v) is 4.33. The molecule has 1 aromatic carbocycles. The van der Waals surface area contributed by atoms with Gasteiger partial charge in [-0.15, -0.1) is 0 Å². The Hall–Kier alpha value is -1.75. The lowest BCUT2D eigenvalue weighted by Crippen LogP contribution is -2.35. The van der Waals surface area contributed by atoms with Gasteiger partial charge in [-0.25, -0.2) is 4.98 Å². The number of amides is 1. The Labute approximate surface area is 129 Å². The number of fused-ring (bicyclic) bond motifs is 1. The zero-order chi connectivity index (χ0) is 15.4. The molecule has 21 heavy (non-hydrogen) atoms. The summed E-state index contributed by atoms with van der Waals surface area (Å²) in [5.41, 5.74) is 7.21. The highest BCUT2D eigenvalue weighted by atomic mass is 32.2. The number of pyridine rings is 1. The van der Waals surface area contributed by atoms with E-state index in [4.69, 9.17) is 5.73 Å². The summed E-state index contributed by atoms with van der Waals surface area (Å²) in [4.78, 5) is 18.8. The van der Waals surface area contributed by atoms with Gasteiger partial charge in [-0.3, -0.25) is 4.79 Å². The lowest BCUT2D eigenvalue weighted by atomic mass is 10.1. The summed E-state index contributed by atoms with van der Waals surface area (Å²) in [5.74, 6) is 1.41. The SMILES string of the molecule is CSCCC(C)N(C)C(=O)c1cc(N)nc2ccccc12. The number of rotatable bonds is 5. The highest BCUT2D eigenvalue weighted by Gasteiger charge is 2.20. The summed E-state index contributed by atoms with van der Waals surface area (Å²) in [6.45, 7) is 2.07. The molecule has 2 aromatic rings. The van der Waals surface area contributed by atoms with Crippen molar-refractivity contribution in [1.82, 2.24) is 9.88 Å². The quantitative estimate of drug-likeness (QED) is 0.922. The first kappa shape index (κ1) is 15.6. The number of thioether (sulfide) groups is 1. The molecule has 0 aliphatic rings. The van der Waals surface area contributed by atoms with Gasteiger partial charge in [-0.1, -0.05) is 18.2 Å². The van der Waals surface area contributed by atoms with Crippen molar-refractivity contribution in [3.05, 3.63) is 35.9 Å². The summed E-state index contributed by atoms with van der Waals surface area (Å²) in [6, 6.07) is 9.46. The van der Waals surface area contributed by atoms with Crippen LogP contribution in [0.3, 0.4) is 0 Å². The minimum Gasteiger partial charge on any atom is -0.384 e. The van der Waals surface area contributed by atoms with Gasteiger partial charge in [0.2, 0.25) is 0 Å². The second-order valence-corrected chi connectivity index (χ2v) is 6.14. The maximum atomic E-state index is 12.8. The van der Waals surface area contributed by atoms with Crippen molar-refractivity contribution in [1.29, 1.82) is 0 Å². The Kier molecular flexibility index (Phi) is 5.07. The molecule has 1 heterocycles. The van der Waals surface area contributed by atoms with E-state index in [-0.39, 0.29) is 11.9 Å².